The quantitative estimate of drug-likeness (QED) is 0.548. The molecule has 0 radical (unpaired) electrons. The van der Waals surface area contributed by atoms with Crippen molar-refractivity contribution in [2.75, 3.05) is 50.5 Å². The molecule has 1 unspecified atom stereocenters. The van der Waals surface area contributed by atoms with Crippen molar-refractivity contribution < 1.29 is 13.9 Å². The summed E-state index contributed by atoms with van der Waals surface area (Å²) in [7, 11) is 0. The highest BCUT2D eigenvalue weighted by atomic mass is 32.2. The Balaban J connectivity index is 1.19. The van der Waals surface area contributed by atoms with Crippen LogP contribution in [0.4, 0.5) is 10.1 Å². The summed E-state index contributed by atoms with van der Waals surface area (Å²) in [5, 5.41) is 8.29. The number of aliphatic imine (C=N–C) groups is 1. The number of hydrogen-bond acceptors (Lipinski definition) is 6. The molecule has 1 atom stereocenters. The summed E-state index contributed by atoms with van der Waals surface area (Å²) >= 11 is 1.65. The van der Waals surface area contributed by atoms with E-state index in [1.807, 2.05) is 6.07 Å². The molecule has 1 aliphatic carbocycles. The van der Waals surface area contributed by atoms with E-state index < -0.39 is 0 Å². The molecule has 33 heavy (non-hydrogen) atoms. The second-order valence-electron chi connectivity index (χ2n) is 9.13. The number of ether oxygens (including phenoxy) is 1. The number of benzene rings is 1. The zero-order chi connectivity index (χ0) is 22.6. The van der Waals surface area contributed by atoms with Crippen LogP contribution in [0.25, 0.3) is 10.9 Å². The number of aromatic nitrogens is 1. The molecular formula is C24H32FN5O2S. The van der Waals surface area contributed by atoms with Gasteiger partial charge in [-0.2, -0.15) is 0 Å². The van der Waals surface area contributed by atoms with E-state index in [1.165, 1.54) is 12.8 Å². The van der Waals surface area contributed by atoms with E-state index >= 15 is 0 Å². The van der Waals surface area contributed by atoms with Gasteiger partial charge in [0.05, 0.1) is 36.2 Å². The Labute approximate surface area is 197 Å². The largest absolute Gasteiger partial charge is 0.381 e. The second kappa shape index (κ2) is 10.4. The third kappa shape index (κ3) is 5.70. The highest BCUT2D eigenvalue weighted by molar-refractivity contribution is 8.14. The number of hydrogen-bond donors (Lipinski definition) is 3. The van der Waals surface area contributed by atoms with Crippen molar-refractivity contribution in [1.82, 2.24) is 15.2 Å². The fraction of sp³-hybridized carbons (Fsp3) is 0.583. The van der Waals surface area contributed by atoms with Crippen LogP contribution < -0.4 is 10.6 Å². The fourth-order valence-electron chi connectivity index (χ4n) is 4.86. The normalized spacial score (nSPS) is 22.1. The molecular weight excluding hydrogens is 441 g/mol. The summed E-state index contributed by atoms with van der Waals surface area (Å²) < 4.78 is 19.6. The molecule has 178 valence electrons. The molecule has 0 spiro atoms. The Morgan fingerprint density at radius 2 is 2.06 bits per heavy atom. The second-order valence-corrected chi connectivity index (χ2v) is 10.1. The molecule has 2 aliphatic heterocycles. The SMILES string of the molecule is O=C(CC1CSC(c2cc3cc(F)cc(NC4CCCC4)c3[nH]2)=N1)NCCN1CCOCC1. The maximum atomic E-state index is 14.2. The number of halogens is 1. The van der Waals surface area contributed by atoms with Crippen molar-refractivity contribution in [3.63, 3.8) is 0 Å². The smallest absolute Gasteiger partial charge is 0.222 e. The minimum absolute atomic E-state index is 0.0346. The lowest BCUT2D eigenvalue weighted by Crippen LogP contribution is -2.41. The lowest BCUT2D eigenvalue weighted by atomic mass is 10.2. The minimum atomic E-state index is -0.235. The summed E-state index contributed by atoms with van der Waals surface area (Å²) in [5.74, 6) is 0.588. The van der Waals surface area contributed by atoms with Gasteiger partial charge in [-0.3, -0.25) is 14.7 Å². The van der Waals surface area contributed by atoms with Crippen molar-refractivity contribution >= 4 is 39.3 Å². The minimum Gasteiger partial charge on any atom is -0.381 e. The van der Waals surface area contributed by atoms with Gasteiger partial charge in [-0.25, -0.2) is 4.39 Å². The van der Waals surface area contributed by atoms with Crippen LogP contribution in [0.15, 0.2) is 23.2 Å². The topological polar surface area (TPSA) is 81.8 Å². The van der Waals surface area contributed by atoms with E-state index in [9.17, 15) is 9.18 Å². The Hall–Kier alpha value is -2.10. The fourth-order valence-corrected chi connectivity index (χ4v) is 5.89. The molecule has 1 saturated heterocycles. The molecule has 3 heterocycles. The van der Waals surface area contributed by atoms with E-state index in [1.54, 1.807) is 23.9 Å². The summed E-state index contributed by atoms with van der Waals surface area (Å²) in [6, 6.07) is 5.48. The maximum absolute atomic E-state index is 14.2. The third-order valence-electron chi connectivity index (χ3n) is 6.63. The molecule has 2 fully saturated rings. The first-order valence-electron chi connectivity index (χ1n) is 12.0. The first kappa shape index (κ1) is 22.7. The van der Waals surface area contributed by atoms with Crippen LogP contribution in [0.3, 0.4) is 0 Å². The number of nitrogens with zero attached hydrogens (tertiary/aromatic N) is 2. The molecule has 1 aromatic heterocycles. The van der Waals surface area contributed by atoms with Crippen molar-refractivity contribution in [1.29, 1.82) is 0 Å². The van der Waals surface area contributed by atoms with Gasteiger partial charge < -0.3 is 20.4 Å². The number of anilines is 1. The van der Waals surface area contributed by atoms with Crippen LogP contribution in [0.2, 0.25) is 0 Å². The first-order chi connectivity index (χ1) is 16.1. The van der Waals surface area contributed by atoms with Gasteiger partial charge in [0.25, 0.3) is 0 Å². The van der Waals surface area contributed by atoms with Gasteiger partial charge in [0.2, 0.25) is 5.91 Å². The standard InChI is InChI=1S/C24H32FN5O2S/c25-17-11-16-12-21(29-23(16)20(13-17)27-18-3-1-2-4-18)24-28-19(15-33-24)14-22(31)26-5-6-30-7-9-32-10-8-30/h11-13,18-19,27,29H,1-10,14-15H2,(H,26,31). The maximum Gasteiger partial charge on any atom is 0.222 e. The number of carbonyl (C=O) groups is 1. The summed E-state index contributed by atoms with van der Waals surface area (Å²) in [5.41, 5.74) is 2.64. The highest BCUT2D eigenvalue weighted by Gasteiger charge is 2.24. The van der Waals surface area contributed by atoms with Crippen molar-refractivity contribution in [3.8, 4) is 0 Å². The van der Waals surface area contributed by atoms with Crippen molar-refractivity contribution in [2.24, 2.45) is 4.99 Å². The van der Waals surface area contributed by atoms with Crippen molar-refractivity contribution in [3.05, 3.63) is 29.7 Å². The molecule has 1 saturated carbocycles. The lowest BCUT2D eigenvalue weighted by Gasteiger charge is -2.26. The van der Waals surface area contributed by atoms with E-state index in [0.717, 1.165) is 78.8 Å². The Morgan fingerprint density at radius 1 is 1.24 bits per heavy atom. The first-order valence-corrected chi connectivity index (χ1v) is 13.0. The average Bonchev–Trinajstić information content (AvgIpc) is 3.55. The zero-order valence-electron chi connectivity index (χ0n) is 18.9. The molecule has 3 N–H and O–H groups in total. The van der Waals surface area contributed by atoms with Crippen LogP contribution >= 0.6 is 11.8 Å². The Kier molecular flexibility index (Phi) is 7.18. The predicted octanol–water partition coefficient (Wildman–Crippen LogP) is 3.36. The molecule has 1 aromatic carbocycles. The molecule has 0 bridgehead atoms. The van der Waals surface area contributed by atoms with Crippen LogP contribution in [-0.2, 0) is 9.53 Å². The number of H-pyrrole nitrogens is 1. The summed E-state index contributed by atoms with van der Waals surface area (Å²) in [4.78, 5) is 22.9. The van der Waals surface area contributed by atoms with E-state index in [4.69, 9.17) is 9.73 Å². The average molecular weight is 474 g/mol. The molecule has 1 amide bonds. The zero-order valence-corrected chi connectivity index (χ0v) is 19.7. The van der Waals surface area contributed by atoms with Crippen LogP contribution in [0, 0.1) is 5.82 Å². The van der Waals surface area contributed by atoms with E-state index in [0.29, 0.717) is 19.0 Å². The van der Waals surface area contributed by atoms with Gasteiger partial charge in [0.15, 0.2) is 0 Å². The molecule has 2 aromatic rings. The number of thioether (sulfide) groups is 1. The van der Waals surface area contributed by atoms with Gasteiger partial charge in [-0.15, -0.1) is 11.8 Å². The number of nitrogens with one attached hydrogen (secondary N) is 3. The van der Waals surface area contributed by atoms with Gasteiger partial charge in [-0.05, 0) is 31.0 Å². The molecule has 5 rings (SSSR count). The summed E-state index contributed by atoms with van der Waals surface area (Å²) in [6.45, 7) is 4.89. The Morgan fingerprint density at radius 3 is 2.88 bits per heavy atom. The lowest BCUT2D eigenvalue weighted by molar-refractivity contribution is -0.121. The number of fused-ring (bicyclic) bond motifs is 1. The number of rotatable bonds is 8. The number of aromatic amines is 1. The van der Waals surface area contributed by atoms with Gasteiger partial charge in [0, 0.05) is 49.8 Å². The number of amides is 1. The van der Waals surface area contributed by atoms with Crippen LogP contribution in [-0.4, -0.2) is 78.1 Å². The van der Waals surface area contributed by atoms with Crippen molar-refractivity contribution in [2.45, 2.75) is 44.2 Å². The third-order valence-corrected chi connectivity index (χ3v) is 7.78. The number of carbonyl (C=O) groups excluding carboxylic acids is 1. The predicted molar refractivity (Wildman–Crippen MR) is 132 cm³/mol. The van der Waals surface area contributed by atoms with Crippen LogP contribution in [0.1, 0.15) is 37.8 Å². The Bertz CT molecular complexity index is 1010. The number of morpholine rings is 1. The van der Waals surface area contributed by atoms with E-state index in [2.05, 4.69) is 20.5 Å². The van der Waals surface area contributed by atoms with Crippen LogP contribution in [0.5, 0.6) is 0 Å². The monoisotopic (exact) mass is 473 g/mol. The highest BCUT2D eigenvalue weighted by Crippen LogP contribution is 2.32. The van der Waals surface area contributed by atoms with Gasteiger partial charge in [0.1, 0.15) is 10.9 Å². The molecule has 9 heteroatoms. The van der Waals surface area contributed by atoms with Gasteiger partial charge >= 0.3 is 0 Å². The summed E-state index contributed by atoms with van der Waals surface area (Å²) in [6.07, 6.45) is 5.10. The van der Waals surface area contributed by atoms with Gasteiger partial charge in [-0.1, -0.05) is 12.8 Å². The molecule has 7 nitrogen and oxygen atoms in total. The van der Waals surface area contributed by atoms with E-state index in [-0.39, 0.29) is 17.8 Å². The molecule has 3 aliphatic rings.